The van der Waals surface area contributed by atoms with Gasteiger partial charge in [0.05, 0.1) is 5.56 Å². The van der Waals surface area contributed by atoms with E-state index in [4.69, 9.17) is 0 Å². The minimum absolute atomic E-state index is 0.143. The van der Waals surface area contributed by atoms with Crippen molar-refractivity contribution in [3.05, 3.63) is 29.8 Å². The van der Waals surface area contributed by atoms with Crippen LogP contribution in [-0.4, -0.2) is 36.5 Å². The Balaban J connectivity index is 1.78. The van der Waals surface area contributed by atoms with Crippen molar-refractivity contribution in [1.29, 1.82) is 0 Å². The van der Waals surface area contributed by atoms with E-state index in [1.165, 1.54) is 12.1 Å². The Morgan fingerprint density at radius 2 is 1.55 bits per heavy atom. The second kappa shape index (κ2) is 7.84. The summed E-state index contributed by atoms with van der Waals surface area (Å²) in [6, 6.07) is 5.19. The maximum absolute atomic E-state index is 13.6. The minimum Gasteiger partial charge on any atom is -0.360 e. The van der Waals surface area contributed by atoms with Gasteiger partial charge in [0.25, 0.3) is 0 Å². The quantitative estimate of drug-likeness (QED) is 0.634. The number of anilines is 1. The van der Waals surface area contributed by atoms with E-state index in [1.807, 2.05) is 16.8 Å². The van der Waals surface area contributed by atoms with Crippen LogP contribution in [0.15, 0.2) is 24.3 Å². The lowest BCUT2D eigenvalue weighted by atomic mass is 9.75. The van der Waals surface area contributed by atoms with Crippen LogP contribution in [0, 0.1) is 11.3 Å². The minimum atomic E-state index is -4.35. The van der Waals surface area contributed by atoms with Crippen molar-refractivity contribution in [3.63, 3.8) is 0 Å². The Kier molecular flexibility index (Phi) is 5.94. The predicted molar refractivity (Wildman–Crippen MR) is 110 cm³/mol. The molecule has 0 bridgehead atoms. The molecule has 1 aromatic carbocycles. The number of benzene rings is 1. The molecule has 1 amide bonds. The van der Waals surface area contributed by atoms with E-state index < -0.39 is 17.3 Å². The average molecular weight is 411 g/mol. The molecule has 3 nitrogen and oxygen atoms in total. The van der Waals surface area contributed by atoms with Gasteiger partial charge in [0.15, 0.2) is 0 Å². The fourth-order valence-corrected chi connectivity index (χ4v) is 5.02. The number of carbonyl (C=O) groups is 1. The summed E-state index contributed by atoms with van der Waals surface area (Å²) in [6.45, 7) is 8.30. The second-order valence-electron chi connectivity index (χ2n) is 9.77. The first-order chi connectivity index (χ1) is 13.4. The van der Waals surface area contributed by atoms with Crippen molar-refractivity contribution in [2.75, 3.05) is 25.0 Å². The first kappa shape index (κ1) is 22.0. The number of alkyl halides is 3. The summed E-state index contributed by atoms with van der Waals surface area (Å²) in [4.78, 5) is 17.5. The van der Waals surface area contributed by atoms with Gasteiger partial charge in [-0.05, 0) is 61.3 Å². The zero-order valence-electron chi connectivity index (χ0n) is 18.0. The number of amides is 1. The van der Waals surface area contributed by atoms with Crippen molar-refractivity contribution >= 4 is 11.6 Å². The van der Waals surface area contributed by atoms with Crippen molar-refractivity contribution in [2.45, 2.75) is 71.0 Å². The molecule has 6 heteroatoms. The Morgan fingerprint density at radius 1 is 1.03 bits per heavy atom. The summed E-state index contributed by atoms with van der Waals surface area (Å²) >= 11 is 0. The van der Waals surface area contributed by atoms with Gasteiger partial charge in [0, 0.05) is 25.8 Å². The van der Waals surface area contributed by atoms with Crippen LogP contribution < -0.4 is 4.90 Å². The summed E-state index contributed by atoms with van der Waals surface area (Å²) < 4.78 is 38.7. The molecule has 1 aliphatic carbocycles. The van der Waals surface area contributed by atoms with E-state index in [0.717, 1.165) is 63.7 Å². The zero-order valence-corrected chi connectivity index (χ0v) is 18.0. The van der Waals surface area contributed by atoms with E-state index in [1.54, 1.807) is 0 Å². The molecule has 0 radical (unpaired) electrons. The fraction of sp³-hybridized carbons (Fsp3) is 0.696. The van der Waals surface area contributed by atoms with Crippen LogP contribution in [0.1, 0.15) is 64.9 Å². The Hall–Kier alpha value is -1.72. The summed E-state index contributed by atoms with van der Waals surface area (Å²) in [5.74, 6) is 0.753. The van der Waals surface area contributed by atoms with E-state index in [2.05, 4.69) is 20.8 Å². The molecule has 1 heterocycles. The Morgan fingerprint density at radius 3 is 2.00 bits per heavy atom. The van der Waals surface area contributed by atoms with Gasteiger partial charge in [-0.2, -0.15) is 13.2 Å². The molecular weight excluding hydrogens is 377 g/mol. The van der Waals surface area contributed by atoms with Crippen molar-refractivity contribution < 1.29 is 18.0 Å². The summed E-state index contributed by atoms with van der Waals surface area (Å²) in [6.07, 6.45) is 1.11. The van der Waals surface area contributed by atoms with Gasteiger partial charge in [0.2, 0.25) is 5.91 Å². The van der Waals surface area contributed by atoms with Crippen LogP contribution >= 0.6 is 0 Å². The highest BCUT2D eigenvalue weighted by Crippen LogP contribution is 2.41. The van der Waals surface area contributed by atoms with Crippen LogP contribution in [0.5, 0.6) is 0 Å². The highest BCUT2D eigenvalue weighted by molar-refractivity contribution is 5.90. The first-order valence-electron chi connectivity index (χ1n) is 10.7. The van der Waals surface area contributed by atoms with Gasteiger partial charge < -0.3 is 9.80 Å². The van der Waals surface area contributed by atoms with Crippen LogP contribution in [0.25, 0.3) is 0 Å². The molecule has 0 aromatic heterocycles. The Labute approximate surface area is 172 Å². The third kappa shape index (κ3) is 4.41. The normalized spacial score (nSPS) is 20.7. The number of rotatable bonds is 3. The van der Waals surface area contributed by atoms with E-state index in [9.17, 15) is 18.0 Å². The van der Waals surface area contributed by atoms with Crippen molar-refractivity contribution in [1.82, 2.24) is 4.90 Å². The van der Waals surface area contributed by atoms with Gasteiger partial charge in [-0.1, -0.05) is 33.6 Å². The van der Waals surface area contributed by atoms with Crippen molar-refractivity contribution in [3.8, 4) is 0 Å². The molecule has 1 saturated carbocycles. The fourth-order valence-electron chi connectivity index (χ4n) is 5.02. The number of halogens is 3. The van der Waals surface area contributed by atoms with E-state index >= 15 is 0 Å². The van der Waals surface area contributed by atoms with Gasteiger partial charge in [-0.25, -0.2) is 0 Å². The van der Waals surface area contributed by atoms with Crippen LogP contribution in [0.2, 0.25) is 0 Å². The maximum atomic E-state index is 13.6. The summed E-state index contributed by atoms with van der Waals surface area (Å²) in [5, 5.41) is 0. The maximum Gasteiger partial charge on any atom is 0.416 e. The van der Waals surface area contributed by atoms with Crippen molar-refractivity contribution in [2.24, 2.45) is 11.3 Å². The van der Waals surface area contributed by atoms with E-state index in [-0.39, 0.29) is 11.3 Å². The third-order valence-corrected chi connectivity index (χ3v) is 7.06. The molecule has 1 aromatic rings. The molecule has 0 atom stereocenters. The van der Waals surface area contributed by atoms with E-state index in [0.29, 0.717) is 11.6 Å². The predicted octanol–water partition coefficient (Wildman–Crippen LogP) is 5.74. The lowest BCUT2D eigenvalue weighted by molar-refractivity contribution is -0.139. The number of carbonyl (C=O) groups excluding carboxylic acids is 1. The topological polar surface area (TPSA) is 23.6 Å². The SMILES string of the molecule is CN(c1ccc(C(F)(F)F)cc1)C1(C(=O)N2CCC(C(C)(C)C)CC2)CCCC1. The number of piperidine rings is 1. The zero-order chi connectivity index (χ0) is 21.4. The third-order valence-electron chi connectivity index (χ3n) is 7.06. The number of hydrogen-bond donors (Lipinski definition) is 0. The number of nitrogens with zero attached hydrogens (tertiary/aromatic N) is 2. The largest absolute Gasteiger partial charge is 0.416 e. The van der Waals surface area contributed by atoms with Crippen LogP contribution in [-0.2, 0) is 11.0 Å². The summed E-state index contributed by atoms with van der Waals surface area (Å²) in [7, 11) is 1.85. The molecule has 1 aliphatic heterocycles. The molecular formula is C23H33F3N2O. The smallest absolute Gasteiger partial charge is 0.360 e. The van der Waals surface area contributed by atoms with Gasteiger partial charge in [-0.15, -0.1) is 0 Å². The van der Waals surface area contributed by atoms with Crippen LogP contribution in [0.3, 0.4) is 0 Å². The Bertz CT molecular complexity index is 707. The number of likely N-dealkylation sites (tertiary alicyclic amines) is 1. The second-order valence-corrected chi connectivity index (χ2v) is 9.77. The highest BCUT2D eigenvalue weighted by atomic mass is 19.4. The molecule has 0 unspecified atom stereocenters. The molecule has 1 saturated heterocycles. The summed E-state index contributed by atoms with van der Waals surface area (Å²) in [5.41, 5.74) is -0.394. The molecule has 2 fully saturated rings. The monoisotopic (exact) mass is 410 g/mol. The molecule has 0 spiro atoms. The lowest BCUT2D eigenvalue weighted by Gasteiger charge is -2.45. The van der Waals surface area contributed by atoms with Gasteiger partial charge in [0.1, 0.15) is 5.54 Å². The molecule has 29 heavy (non-hydrogen) atoms. The first-order valence-corrected chi connectivity index (χ1v) is 10.7. The molecule has 3 rings (SSSR count). The molecule has 162 valence electrons. The molecule has 2 aliphatic rings. The average Bonchev–Trinajstić information content (AvgIpc) is 3.17. The van der Waals surface area contributed by atoms with Gasteiger partial charge in [-0.3, -0.25) is 4.79 Å². The number of likely N-dealkylation sites (N-methyl/N-ethyl adjacent to an activating group) is 1. The molecule has 0 N–H and O–H groups in total. The highest BCUT2D eigenvalue weighted by Gasteiger charge is 2.48. The van der Waals surface area contributed by atoms with Crippen LogP contribution in [0.4, 0.5) is 18.9 Å². The lowest BCUT2D eigenvalue weighted by Crippen LogP contribution is -2.58. The van der Waals surface area contributed by atoms with Gasteiger partial charge >= 0.3 is 6.18 Å². The number of hydrogen-bond acceptors (Lipinski definition) is 2. The standard InChI is InChI=1S/C23H33F3N2O/c1-21(2,3)17-11-15-28(16-12-17)20(29)22(13-5-6-14-22)27(4)19-9-7-18(8-10-19)23(24,25)26/h7-10,17H,5-6,11-16H2,1-4H3.